The van der Waals surface area contributed by atoms with E-state index in [9.17, 15) is 38.4 Å². The summed E-state index contributed by atoms with van der Waals surface area (Å²) in [6.07, 6.45) is 9.88. The van der Waals surface area contributed by atoms with E-state index in [1.165, 1.54) is 23.9 Å². The highest BCUT2D eigenvalue weighted by Crippen LogP contribution is 2.37. The lowest BCUT2D eigenvalue weighted by molar-refractivity contribution is -0.144. The summed E-state index contributed by atoms with van der Waals surface area (Å²) < 4.78 is 23.8. The minimum absolute atomic E-state index is 0.0317. The van der Waals surface area contributed by atoms with E-state index in [1.807, 2.05) is 48.5 Å². The first kappa shape index (κ1) is 66.8. The van der Waals surface area contributed by atoms with Crippen LogP contribution in [0.1, 0.15) is 180 Å². The van der Waals surface area contributed by atoms with Crippen LogP contribution in [0.2, 0.25) is 0 Å². The van der Waals surface area contributed by atoms with Crippen LogP contribution in [0.15, 0.2) is 48.5 Å². The Kier molecular flexibility index (Phi) is 22.7. The molecule has 0 bridgehead atoms. The van der Waals surface area contributed by atoms with Crippen molar-refractivity contribution >= 4 is 47.6 Å². The molecule has 0 unspecified atom stereocenters. The first-order chi connectivity index (χ1) is 41.9. The van der Waals surface area contributed by atoms with Gasteiger partial charge in [-0.15, -0.1) is 0 Å². The Morgan fingerprint density at radius 1 is 0.534 bits per heavy atom. The number of benzene rings is 2. The molecule has 478 valence electrons. The predicted molar refractivity (Wildman–Crippen MR) is 330 cm³/mol. The molecule has 4 aliphatic carbocycles. The maximum absolute atomic E-state index is 14.7. The molecular weight excluding hydrogens is 1120 g/mol. The van der Waals surface area contributed by atoms with Crippen LogP contribution in [0.25, 0.3) is 0 Å². The quantitative estimate of drug-likeness (QED) is 0.108. The van der Waals surface area contributed by atoms with Gasteiger partial charge < -0.3 is 50.0 Å². The number of carbonyl (C=O) groups is 8. The Labute approximate surface area is 520 Å². The van der Waals surface area contributed by atoms with Gasteiger partial charge in [-0.05, 0) is 153 Å². The van der Waals surface area contributed by atoms with Crippen molar-refractivity contribution in [3.63, 3.8) is 0 Å². The lowest BCUT2D eigenvalue weighted by Crippen LogP contribution is -2.59. The Morgan fingerprint density at radius 3 is 1.26 bits per heavy atom. The van der Waals surface area contributed by atoms with Crippen molar-refractivity contribution in [1.82, 2.24) is 40.9 Å². The van der Waals surface area contributed by atoms with Crippen molar-refractivity contribution in [1.29, 1.82) is 0 Å². The molecule has 20 nitrogen and oxygen atoms in total. The van der Waals surface area contributed by atoms with Gasteiger partial charge in [-0.25, -0.2) is 9.59 Å². The maximum Gasteiger partial charge on any atom is 0.410 e. The van der Waals surface area contributed by atoms with Crippen molar-refractivity contribution in [2.45, 2.75) is 230 Å². The summed E-state index contributed by atoms with van der Waals surface area (Å²) in [5.41, 5.74) is 2.41. The Morgan fingerprint density at radius 2 is 0.898 bits per heavy atom. The summed E-state index contributed by atoms with van der Waals surface area (Å²) in [5, 5.41) is 12.5. The summed E-state index contributed by atoms with van der Waals surface area (Å²) in [6.45, 7) is 14.5. The average Bonchev–Trinajstić information content (AvgIpc) is 2.32. The van der Waals surface area contributed by atoms with Gasteiger partial charge in [-0.3, -0.25) is 38.6 Å². The molecule has 88 heavy (non-hydrogen) atoms. The third kappa shape index (κ3) is 17.0. The van der Waals surface area contributed by atoms with Crippen LogP contribution in [0.5, 0.6) is 0 Å². The third-order valence-electron chi connectivity index (χ3n) is 18.3. The van der Waals surface area contributed by atoms with Crippen LogP contribution in [0.4, 0.5) is 9.59 Å². The number of ether oxygens (including phenoxy) is 4. The van der Waals surface area contributed by atoms with Crippen LogP contribution in [-0.4, -0.2) is 167 Å². The first-order valence-corrected chi connectivity index (χ1v) is 32.0. The van der Waals surface area contributed by atoms with E-state index in [1.54, 1.807) is 65.2 Å². The highest BCUT2D eigenvalue weighted by molar-refractivity contribution is 5.96. The lowest BCUT2D eigenvalue weighted by Gasteiger charge is -2.36. The van der Waals surface area contributed by atoms with E-state index in [2.05, 4.69) is 44.9 Å². The number of likely N-dealkylation sites (tertiary alicyclic amines) is 2. The van der Waals surface area contributed by atoms with Crippen LogP contribution in [-0.2, 0) is 60.6 Å². The van der Waals surface area contributed by atoms with Gasteiger partial charge in [0.15, 0.2) is 0 Å². The monoisotopic (exact) mass is 1210 g/mol. The molecule has 2 aliphatic heterocycles. The van der Waals surface area contributed by atoms with Crippen LogP contribution in [0, 0.1) is 35.5 Å². The molecule has 2 aromatic rings. The molecule has 20 heteroatoms. The number of fused-ring (bicyclic) bond motifs is 2. The fourth-order valence-electron chi connectivity index (χ4n) is 13.3. The molecule has 2 saturated carbocycles. The molecule has 2 aromatic carbocycles. The van der Waals surface area contributed by atoms with E-state index in [-0.39, 0.29) is 48.7 Å². The zero-order chi connectivity index (χ0) is 63.5. The second-order valence-electron chi connectivity index (χ2n) is 26.8. The van der Waals surface area contributed by atoms with Crippen LogP contribution >= 0.6 is 0 Å². The molecule has 10 atom stereocenters. The second kappa shape index (κ2) is 29.9. The summed E-state index contributed by atoms with van der Waals surface area (Å²) in [6, 6.07) is 9.62. The molecule has 2 heterocycles. The fraction of sp³-hybridized carbons (Fsp3) is 0.647. The van der Waals surface area contributed by atoms with Gasteiger partial charge in [0.2, 0.25) is 35.4 Å². The number of carbonyl (C=O) groups excluding carboxylic acids is 8. The molecule has 4 fully saturated rings. The van der Waals surface area contributed by atoms with Crippen LogP contribution < -0.4 is 21.3 Å². The zero-order valence-corrected chi connectivity index (χ0v) is 53.4. The predicted octanol–water partition coefficient (Wildman–Crippen LogP) is 7.21. The van der Waals surface area contributed by atoms with E-state index in [4.69, 9.17) is 18.9 Å². The fourth-order valence-corrected chi connectivity index (χ4v) is 13.3. The Balaban J connectivity index is 0.862. The number of rotatable bonds is 18. The van der Waals surface area contributed by atoms with Gasteiger partial charge >= 0.3 is 12.2 Å². The normalized spacial score (nSPS) is 23.2. The summed E-state index contributed by atoms with van der Waals surface area (Å²) >= 11 is 0. The minimum atomic E-state index is -0.916. The second-order valence-corrected chi connectivity index (χ2v) is 26.8. The molecule has 2 saturated heterocycles. The van der Waals surface area contributed by atoms with E-state index < -0.39 is 95.7 Å². The van der Waals surface area contributed by atoms with Gasteiger partial charge in [0.05, 0.1) is 24.3 Å². The number of nitrogens with one attached hydrogen (secondary N) is 4. The molecule has 0 aromatic heterocycles. The van der Waals surface area contributed by atoms with Crippen molar-refractivity contribution < 1.29 is 57.3 Å². The van der Waals surface area contributed by atoms with Crippen molar-refractivity contribution in [2.24, 2.45) is 11.8 Å². The molecule has 8 amide bonds. The molecule has 0 spiro atoms. The summed E-state index contributed by atoms with van der Waals surface area (Å²) in [4.78, 5) is 117. The molecule has 6 aliphatic rings. The van der Waals surface area contributed by atoms with Gasteiger partial charge in [0.25, 0.3) is 0 Å². The van der Waals surface area contributed by atoms with E-state index in [0.717, 1.165) is 86.5 Å². The topological polar surface area (TPSA) is 235 Å². The third-order valence-corrected chi connectivity index (χ3v) is 18.3. The smallest absolute Gasteiger partial charge is 0.410 e. The van der Waals surface area contributed by atoms with E-state index >= 15 is 0 Å². The van der Waals surface area contributed by atoms with Gasteiger partial charge in [0.1, 0.15) is 60.7 Å². The summed E-state index contributed by atoms with van der Waals surface area (Å²) in [5.74, 6) is 9.38. The average molecular weight is 1220 g/mol. The van der Waals surface area contributed by atoms with Crippen molar-refractivity contribution in [3.8, 4) is 23.7 Å². The van der Waals surface area contributed by atoms with Crippen LogP contribution in [0.3, 0.4) is 0 Å². The highest BCUT2D eigenvalue weighted by atomic mass is 16.6. The summed E-state index contributed by atoms with van der Waals surface area (Å²) in [7, 11) is 3.00. The Bertz CT molecular complexity index is 2780. The molecule has 8 rings (SSSR count). The van der Waals surface area contributed by atoms with Gasteiger partial charge in [-0.2, -0.15) is 0 Å². The number of nitrogens with zero attached hydrogens (tertiary/aromatic N) is 4. The van der Waals surface area contributed by atoms with Crippen molar-refractivity contribution in [2.75, 3.05) is 40.4 Å². The largest absolute Gasteiger partial charge is 0.444 e. The highest BCUT2D eigenvalue weighted by Gasteiger charge is 2.46. The number of hydrogen-bond donors (Lipinski definition) is 4. The molecule has 4 N–H and O–H groups in total. The van der Waals surface area contributed by atoms with Gasteiger partial charge in [0, 0.05) is 40.0 Å². The minimum Gasteiger partial charge on any atom is -0.444 e. The Hall–Kier alpha value is -7.16. The maximum atomic E-state index is 14.7. The number of likely N-dealkylation sites (N-methyl/N-ethyl adjacent to an activating group) is 2. The number of hydrogen-bond acceptors (Lipinski definition) is 12. The standard InChI is InChI=1S/C68H94N8O12/c1-43(73(9)65(83)87-67(3,4)5)59(77)69-55(45-27-15-13-16-28-45)63(81)75-37-25-35-51(75)61(79)71-57-49-33-21-19-31-47(49)41-53(57)85-39-23-11-12-24-40-86-54-42-48-32-20-22-34-50(48)58(54)72-62(80)52-36-26-38-76(52)64(82)56(46-29-17-14-18-30-46)70-60(78)44(2)74(10)66(84)88-68(6,7)8/h19-22,31-34,43-46,51-58H,13-18,25-30,35-42H2,1-10H3,(H,69,77)(H,70,78)(H,71,79)(H,72,80)/t43-,44-,51-,52-,53-,54-,55-,56-,57-,58-/m0/s1. The molecule has 0 radical (unpaired) electrons. The SMILES string of the molecule is C[C@@H](C(=O)N[C@H](C(=O)N1CCC[C@H]1C(=O)N[C@H]1c2ccccc2C[C@@H]1OCC#CC#CCO[C@H]1Cc2ccccc2[C@@H]1NC(=O)[C@@H]1CCCN1C(=O)[C@@H](NC(=O)[C@H](C)N(C)C(=O)OC(C)(C)C)C1CCCCC1)C1CCCCC1)N(C)C(=O)OC(C)(C)C. The first-order valence-electron chi connectivity index (χ1n) is 32.0. The molecular formula is C68H94N8O12. The number of amides is 8. The van der Waals surface area contributed by atoms with Crippen molar-refractivity contribution in [3.05, 3.63) is 70.8 Å². The van der Waals surface area contributed by atoms with E-state index in [0.29, 0.717) is 51.6 Å². The lowest BCUT2D eigenvalue weighted by atomic mass is 9.83. The zero-order valence-electron chi connectivity index (χ0n) is 53.4. The van der Waals surface area contributed by atoms with Gasteiger partial charge in [-0.1, -0.05) is 98.9 Å².